The summed E-state index contributed by atoms with van der Waals surface area (Å²) in [5.41, 5.74) is 1.25. The Hall–Kier alpha value is -1.89. The number of nitrogens with zero attached hydrogens (tertiary/aromatic N) is 1. The molecule has 0 saturated heterocycles. The van der Waals surface area contributed by atoms with Crippen LogP contribution in [-0.2, 0) is 0 Å². The zero-order chi connectivity index (χ0) is 12.0. The Labute approximate surface area is 102 Å². The molecule has 0 spiro atoms. The summed E-state index contributed by atoms with van der Waals surface area (Å²) >= 11 is 3.10. The van der Waals surface area contributed by atoms with E-state index >= 15 is 0 Å². The Balaban J connectivity index is 2.31. The first kappa shape index (κ1) is 10.3. The van der Waals surface area contributed by atoms with Gasteiger partial charge in [0.1, 0.15) is 5.82 Å². The second-order valence-electron chi connectivity index (χ2n) is 3.43. The maximum absolute atomic E-state index is 13.4. The molecule has 17 heavy (non-hydrogen) atoms. The largest absolute Gasteiger partial charge is 0.434 e. The fourth-order valence-corrected chi connectivity index (χ4v) is 1.98. The van der Waals surface area contributed by atoms with Crippen LogP contribution in [0.25, 0.3) is 22.4 Å². The number of fused-ring (bicyclic) bond motifs is 1. The van der Waals surface area contributed by atoms with Crippen LogP contribution in [0.2, 0.25) is 0 Å². The van der Waals surface area contributed by atoms with Crippen molar-refractivity contribution in [3.8, 4) is 11.5 Å². The van der Waals surface area contributed by atoms with Gasteiger partial charge < -0.3 is 9.40 Å². The van der Waals surface area contributed by atoms with Crippen molar-refractivity contribution in [2.45, 2.75) is 0 Å². The standard InChI is InChI=1S/C10H5BrFN3O2/c11-6-2-8-4(1-7(6)12)5(3-13-8)9-14-15-10(16)17-9/h1-3,13H,(H,15,16). The highest BCUT2D eigenvalue weighted by atomic mass is 79.9. The number of halogens is 2. The van der Waals surface area contributed by atoms with Gasteiger partial charge in [0.25, 0.3) is 5.89 Å². The molecule has 0 radical (unpaired) electrons. The van der Waals surface area contributed by atoms with Crippen LogP contribution in [0.5, 0.6) is 0 Å². The van der Waals surface area contributed by atoms with E-state index in [2.05, 4.69) is 31.1 Å². The number of H-pyrrole nitrogens is 2. The third kappa shape index (κ3) is 1.59. The summed E-state index contributed by atoms with van der Waals surface area (Å²) in [5, 5.41) is 6.46. The predicted molar refractivity (Wildman–Crippen MR) is 62.1 cm³/mol. The van der Waals surface area contributed by atoms with Gasteiger partial charge in [-0.05, 0) is 28.1 Å². The molecule has 0 amide bonds. The molecule has 5 nitrogen and oxygen atoms in total. The van der Waals surface area contributed by atoms with Crippen molar-refractivity contribution in [2.24, 2.45) is 0 Å². The summed E-state index contributed by atoms with van der Waals surface area (Å²) in [6, 6.07) is 2.96. The van der Waals surface area contributed by atoms with Gasteiger partial charge in [0.2, 0.25) is 0 Å². The second kappa shape index (κ2) is 3.56. The minimum atomic E-state index is -0.646. The van der Waals surface area contributed by atoms with E-state index in [-0.39, 0.29) is 5.89 Å². The molecule has 0 aliphatic heterocycles. The first-order chi connectivity index (χ1) is 8.15. The van der Waals surface area contributed by atoms with E-state index in [0.717, 1.165) is 5.52 Å². The van der Waals surface area contributed by atoms with Gasteiger partial charge in [0.05, 0.1) is 10.0 Å². The van der Waals surface area contributed by atoms with Crippen LogP contribution in [0.3, 0.4) is 0 Å². The van der Waals surface area contributed by atoms with Crippen molar-refractivity contribution >= 4 is 26.8 Å². The van der Waals surface area contributed by atoms with Gasteiger partial charge in [-0.15, -0.1) is 5.10 Å². The fourth-order valence-electron chi connectivity index (χ4n) is 1.64. The molecule has 2 N–H and O–H groups in total. The third-order valence-electron chi connectivity index (χ3n) is 2.39. The molecule has 0 atom stereocenters. The Morgan fingerprint density at radius 2 is 2.24 bits per heavy atom. The number of hydrogen-bond donors (Lipinski definition) is 2. The number of nitrogens with one attached hydrogen (secondary N) is 2. The molecular weight excluding hydrogens is 293 g/mol. The molecular formula is C10H5BrFN3O2. The van der Waals surface area contributed by atoms with Crippen LogP contribution in [0, 0.1) is 5.82 Å². The highest BCUT2D eigenvalue weighted by molar-refractivity contribution is 9.10. The van der Waals surface area contributed by atoms with Crippen LogP contribution >= 0.6 is 15.9 Å². The summed E-state index contributed by atoms with van der Waals surface area (Å²) < 4.78 is 18.6. The summed E-state index contributed by atoms with van der Waals surface area (Å²) in [7, 11) is 0. The minimum absolute atomic E-state index is 0.128. The Bertz CT molecular complexity index is 758. The monoisotopic (exact) mass is 297 g/mol. The molecule has 3 rings (SSSR count). The molecule has 2 heterocycles. The lowest BCUT2D eigenvalue weighted by Gasteiger charge is -1.96. The van der Waals surface area contributed by atoms with Crippen LogP contribution in [0.4, 0.5) is 4.39 Å². The molecule has 86 valence electrons. The first-order valence-electron chi connectivity index (χ1n) is 4.67. The molecule has 0 aliphatic carbocycles. The molecule has 1 aromatic carbocycles. The smallest absolute Gasteiger partial charge is 0.388 e. The lowest BCUT2D eigenvalue weighted by atomic mass is 10.2. The zero-order valence-electron chi connectivity index (χ0n) is 8.25. The molecule has 0 saturated carbocycles. The van der Waals surface area contributed by atoms with Crippen molar-refractivity contribution in [2.75, 3.05) is 0 Å². The molecule has 7 heteroatoms. The summed E-state index contributed by atoms with van der Waals surface area (Å²) in [6.45, 7) is 0. The molecule has 2 aromatic heterocycles. The van der Waals surface area contributed by atoms with Gasteiger partial charge in [0.15, 0.2) is 0 Å². The minimum Gasteiger partial charge on any atom is -0.388 e. The SMILES string of the molecule is O=c1[nH]nc(-c2c[nH]c3cc(Br)c(F)cc23)o1. The fraction of sp³-hybridized carbons (Fsp3) is 0. The van der Waals surface area contributed by atoms with Crippen LogP contribution in [-0.4, -0.2) is 15.2 Å². The van der Waals surface area contributed by atoms with Gasteiger partial charge in [-0.25, -0.2) is 14.3 Å². The van der Waals surface area contributed by atoms with E-state index < -0.39 is 11.6 Å². The van der Waals surface area contributed by atoms with Crippen molar-refractivity contribution < 1.29 is 8.81 Å². The van der Waals surface area contributed by atoms with Gasteiger partial charge in [-0.3, -0.25) is 0 Å². The Morgan fingerprint density at radius 1 is 1.41 bits per heavy atom. The lowest BCUT2D eigenvalue weighted by Crippen LogP contribution is -1.93. The number of hydrogen-bond acceptors (Lipinski definition) is 3. The summed E-state index contributed by atoms with van der Waals surface area (Å²) in [5.74, 6) is -0.911. The maximum Gasteiger partial charge on any atom is 0.434 e. The summed E-state index contributed by atoms with van der Waals surface area (Å²) in [4.78, 5) is 13.8. The van der Waals surface area contributed by atoms with E-state index in [4.69, 9.17) is 4.42 Å². The number of benzene rings is 1. The van der Waals surface area contributed by atoms with E-state index in [1.165, 1.54) is 6.07 Å². The number of aromatic nitrogens is 3. The average molecular weight is 298 g/mol. The summed E-state index contributed by atoms with van der Waals surface area (Å²) in [6.07, 6.45) is 1.61. The van der Waals surface area contributed by atoms with E-state index in [1.807, 2.05) is 0 Å². The van der Waals surface area contributed by atoms with Gasteiger partial charge in [0, 0.05) is 17.1 Å². The van der Waals surface area contributed by atoms with E-state index in [0.29, 0.717) is 15.4 Å². The zero-order valence-corrected chi connectivity index (χ0v) is 9.84. The number of aromatic amines is 2. The third-order valence-corrected chi connectivity index (χ3v) is 3.00. The number of rotatable bonds is 1. The van der Waals surface area contributed by atoms with E-state index in [1.54, 1.807) is 12.3 Å². The van der Waals surface area contributed by atoms with Gasteiger partial charge in [-0.2, -0.15) is 0 Å². The molecule has 0 fully saturated rings. The van der Waals surface area contributed by atoms with Crippen molar-refractivity contribution in [3.63, 3.8) is 0 Å². The van der Waals surface area contributed by atoms with Crippen molar-refractivity contribution in [3.05, 3.63) is 39.2 Å². The second-order valence-corrected chi connectivity index (χ2v) is 4.29. The quantitative estimate of drug-likeness (QED) is 0.724. The van der Waals surface area contributed by atoms with Gasteiger partial charge in [-0.1, -0.05) is 0 Å². The topological polar surface area (TPSA) is 74.7 Å². The lowest BCUT2D eigenvalue weighted by molar-refractivity contribution is 0.527. The normalized spacial score (nSPS) is 11.2. The van der Waals surface area contributed by atoms with Crippen molar-refractivity contribution in [1.29, 1.82) is 0 Å². The molecule has 0 aliphatic rings. The first-order valence-corrected chi connectivity index (χ1v) is 5.46. The highest BCUT2D eigenvalue weighted by Gasteiger charge is 2.13. The average Bonchev–Trinajstić information content (AvgIpc) is 2.86. The highest BCUT2D eigenvalue weighted by Crippen LogP contribution is 2.30. The Morgan fingerprint density at radius 3 is 2.94 bits per heavy atom. The van der Waals surface area contributed by atoms with Crippen LogP contribution in [0.15, 0.2) is 32.0 Å². The van der Waals surface area contributed by atoms with Crippen LogP contribution < -0.4 is 5.76 Å². The van der Waals surface area contributed by atoms with Gasteiger partial charge >= 0.3 is 5.76 Å². The molecule has 3 aromatic rings. The van der Waals surface area contributed by atoms with Crippen molar-refractivity contribution in [1.82, 2.24) is 15.2 Å². The Kier molecular flexibility index (Phi) is 2.15. The molecule has 0 bridgehead atoms. The van der Waals surface area contributed by atoms with Crippen LogP contribution in [0.1, 0.15) is 0 Å². The predicted octanol–water partition coefficient (Wildman–Crippen LogP) is 2.41. The molecule has 0 unspecified atom stereocenters. The van der Waals surface area contributed by atoms with E-state index in [9.17, 15) is 9.18 Å². The maximum atomic E-state index is 13.4.